The van der Waals surface area contributed by atoms with Crippen molar-refractivity contribution in [3.8, 4) is 11.3 Å². The molecule has 3 amide bonds. The number of rotatable bonds is 10. The van der Waals surface area contributed by atoms with Crippen LogP contribution < -0.4 is 10.6 Å². The molecule has 0 saturated carbocycles. The second kappa shape index (κ2) is 11.9. The highest BCUT2D eigenvalue weighted by Crippen LogP contribution is 2.23. The number of aromatic nitrogens is 2. The van der Waals surface area contributed by atoms with Gasteiger partial charge in [-0.05, 0) is 44.2 Å². The predicted octanol–water partition coefficient (Wildman–Crippen LogP) is 3.47. The molecular weight excluding hydrogens is 456 g/mol. The first kappa shape index (κ1) is 26.3. The van der Waals surface area contributed by atoms with Crippen molar-refractivity contribution in [3.63, 3.8) is 0 Å². The fraction of sp³-hybridized carbons (Fsp3) is 0.520. The molecule has 1 fully saturated rings. The molecule has 1 aromatic carbocycles. The summed E-state index contributed by atoms with van der Waals surface area (Å²) in [5.41, 5.74) is 0.483. The van der Waals surface area contributed by atoms with Gasteiger partial charge in [0.25, 0.3) is 0 Å². The number of hydrogen-bond acceptors (Lipinski definition) is 4. The van der Waals surface area contributed by atoms with Gasteiger partial charge in [-0.1, -0.05) is 13.8 Å². The Hall–Kier alpha value is -3.30. The van der Waals surface area contributed by atoms with E-state index in [9.17, 15) is 23.2 Å². The SMILES string of the molecule is CC(C)CCC(=O)NC(CC(=O)N1CCCC1)C(=O)NC(C)c1ncc(-c2ccc(F)cc2F)[nH]1. The summed E-state index contributed by atoms with van der Waals surface area (Å²) in [6.45, 7) is 7.00. The number of halogens is 2. The van der Waals surface area contributed by atoms with Crippen molar-refractivity contribution in [2.45, 2.75) is 65.0 Å². The number of benzene rings is 1. The first-order chi connectivity index (χ1) is 16.6. The van der Waals surface area contributed by atoms with E-state index in [-0.39, 0.29) is 30.2 Å². The van der Waals surface area contributed by atoms with E-state index in [4.69, 9.17) is 0 Å². The summed E-state index contributed by atoms with van der Waals surface area (Å²) in [6.07, 6.45) is 4.06. The molecule has 1 saturated heterocycles. The summed E-state index contributed by atoms with van der Waals surface area (Å²) in [6, 6.07) is 1.60. The summed E-state index contributed by atoms with van der Waals surface area (Å²) in [5.74, 6) is -1.70. The zero-order valence-electron chi connectivity index (χ0n) is 20.4. The maximum absolute atomic E-state index is 14.1. The van der Waals surface area contributed by atoms with Gasteiger partial charge >= 0.3 is 0 Å². The molecule has 0 spiro atoms. The summed E-state index contributed by atoms with van der Waals surface area (Å²) < 4.78 is 27.3. The molecule has 2 atom stereocenters. The minimum atomic E-state index is -1.02. The van der Waals surface area contributed by atoms with Crippen LogP contribution >= 0.6 is 0 Å². The van der Waals surface area contributed by atoms with Crippen LogP contribution in [0.4, 0.5) is 8.78 Å². The molecule has 0 bridgehead atoms. The number of nitrogens with one attached hydrogen (secondary N) is 3. The fourth-order valence-corrected chi connectivity index (χ4v) is 3.95. The van der Waals surface area contributed by atoms with Crippen LogP contribution in [-0.4, -0.2) is 51.7 Å². The van der Waals surface area contributed by atoms with Gasteiger partial charge in [-0.25, -0.2) is 13.8 Å². The number of nitrogens with zero attached hydrogens (tertiary/aromatic N) is 2. The minimum absolute atomic E-state index is 0.129. The van der Waals surface area contributed by atoms with E-state index in [0.717, 1.165) is 25.0 Å². The molecule has 0 aliphatic carbocycles. The van der Waals surface area contributed by atoms with Crippen molar-refractivity contribution < 1.29 is 23.2 Å². The first-order valence-corrected chi connectivity index (χ1v) is 12.0. The van der Waals surface area contributed by atoms with Crippen LogP contribution in [0.2, 0.25) is 0 Å². The summed E-state index contributed by atoms with van der Waals surface area (Å²) >= 11 is 0. The van der Waals surface area contributed by atoms with Gasteiger partial charge in [0, 0.05) is 31.1 Å². The molecule has 2 heterocycles. The molecule has 8 nitrogen and oxygen atoms in total. The molecule has 0 radical (unpaired) electrons. The number of amides is 3. The third-order valence-electron chi connectivity index (χ3n) is 6.02. The second-order valence-electron chi connectivity index (χ2n) is 9.38. The molecule has 10 heteroatoms. The Bertz CT molecular complexity index is 1050. The van der Waals surface area contributed by atoms with Crippen LogP contribution in [0.15, 0.2) is 24.4 Å². The molecule has 1 aliphatic rings. The van der Waals surface area contributed by atoms with Crippen LogP contribution in [0.3, 0.4) is 0 Å². The lowest BCUT2D eigenvalue weighted by molar-refractivity contribution is -0.136. The highest BCUT2D eigenvalue weighted by atomic mass is 19.1. The van der Waals surface area contributed by atoms with Gasteiger partial charge in [-0.2, -0.15) is 0 Å². The maximum Gasteiger partial charge on any atom is 0.243 e. The van der Waals surface area contributed by atoms with Gasteiger partial charge in [0.15, 0.2) is 0 Å². The number of hydrogen-bond donors (Lipinski definition) is 3. The van der Waals surface area contributed by atoms with E-state index in [1.807, 2.05) is 13.8 Å². The first-order valence-electron chi connectivity index (χ1n) is 12.0. The number of carbonyl (C=O) groups is 3. The topological polar surface area (TPSA) is 107 Å². The molecule has 3 rings (SSSR count). The molecule has 3 N–H and O–H groups in total. The molecular formula is C25H33F2N5O3. The van der Waals surface area contributed by atoms with Crippen molar-refractivity contribution in [2.24, 2.45) is 5.92 Å². The molecule has 190 valence electrons. The van der Waals surface area contributed by atoms with Gasteiger partial charge < -0.3 is 20.5 Å². The zero-order chi connectivity index (χ0) is 25.5. The summed E-state index contributed by atoms with van der Waals surface area (Å²) in [4.78, 5) is 47.1. The Kier molecular flexibility index (Phi) is 8.95. The van der Waals surface area contributed by atoms with E-state index in [2.05, 4.69) is 20.6 Å². The van der Waals surface area contributed by atoms with E-state index >= 15 is 0 Å². The highest BCUT2D eigenvalue weighted by molar-refractivity contribution is 5.92. The number of aromatic amines is 1. The molecule has 1 aromatic heterocycles. The quantitative estimate of drug-likeness (QED) is 0.475. The average molecular weight is 490 g/mol. The van der Waals surface area contributed by atoms with Crippen molar-refractivity contribution >= 4 is 17.7 Å². The average Bonchev–Trinajstić information content (AvgIpc) is 3.50. The smallest absolute Gasteiger partial charge is 0.243 e. The number of imidazole rings is 1. The van der Waals surface area contributed by atoms with Crippen molar-refractivity contribution in [1.29, 1.82) is 0 Å². The third kappa shape index (κ3) is 7.34. The lowest BCUT2D eigenvalue weighted by Gasteiger charge is -2.23. The van der Waals surface area contributed by atoms with Crippen LogP contribution in [0, 0.1) is 17.6 Å². The van der Waals surface area contributed by atoms with Crippen LogP contribution in [0.1, 0.15) is 64.7 Å². The van der Waals surface area contributed by atoms with E-state index in [0.29, 0.717) is 36.9 Å². The van der Waals surface area contributed by atoms with E-state index < -0.39 is 29.6 Å². The van der Waals surface area contributed by atoms with E-state index in [1.165, 1.54) is 12.3 Å². The van der Waals surface area contributed by atoms with Crippen molar-refractivity contribution in [1.82, 2.24) is 25.5 Å². The lowest BCUT2D eigenvalue weighted by Crippen LogP contribution is -2.50. The predicted molar refractivity (Wildman–Crippen MR) is 127 cm³/mol. The number of likely N-dealkylation sites (tertiary alicyclic amines) is 1. The van der Waals surface area contributed by atoms with Crippen LogP contribution in [0.5, 0.6) is 0 Å². The van der Waals surface area contributed by atoms with Crippen LogP contribution in [-0.2, 0) is 14.4 Å². The lowest BCUT2D eigenvalue weighted by atomic mass is 10.1. The standard InChI is InChI=1S/C25H33F2N5O3/c1-15(2)6-9-22(33)30-20(13-23(34)32-10-4-5-11-32)25(35)29-16(3)24-28-14-21(31-24)18-8-7-17(26)12-19(18)27/h7-8,12,14-16,20H,4-6,9-11,13H2,1-3H3,(H,28,31)(H,29,35)(H,30,33). The second-order valence-corrected chi connectivity index (χ2v) is 9.38. The van der Waals surface area contributed by atoms with Gasteiger partial charge in [0.05, 0.1) is 24.4 Å². The molecule has 2 aromatic rings. The molecule has 1 aliphatic heterocycles. The Morgan fingerprint density at radius 2 is 1.83 bits per heavy atom. The Labute approximate surface area is 203 Å². The minimum Gasteiger partial charge on any atom is -0.345 e. The van der Waals surface area contributed by atoms with Gasteiger partial charge in [-0.15, -0.1) is 0 Å². The molecule has 35 heavy (non-hydrogen) atoms. The highest BCUT2D eigenvalue weighted by Gasteiger charge is 2.29. The fourth-order valence-electron chi connectivity index (χ4n) is 3.95. The summed E-state index contributed by atoms with van der Waals surface area (Å²) in [5, 5.41) is 5.49. The Morgan fingerprint density at radius 3 is 2.49 bits per heavy atom. The maximum atomic E-state index is 14.1. The van der Waals surface area contributed by atoms with Gasteiger partial charge in [0.1, 0.15) is 23.5 Å². The summed E-state index contributed by atoms with van der Waals surface area (Å²) in [7, 11) is 0. The zero-order valence-corrected chi connectivity index (χ0v) is 20.4. The van der Waals surface area contributed by atoms with E-state index in [1.54, 1.807) is 11.8 Å². The third-order valence-corrected chi connectivity index (χ3v) is 6.02. The monoisotopic (exact) mass is 489 g/mol. The van der Waals surface area contributed by atoms with Crippen molar-refractivity contribution in [2.75, 3.05) is 13.1 Å². The Morgan fingerprint density at radius 1 is 1.11 bits per heavy atom. The molecule has 2 unspecified atom stereocenters. The van der Waals surface area contributed by atoms with Gasteiger partial charge in [-0.3, -0.25) is 14.4 Å². The normalized spacial score (nSPS) is 15.2. The number of carbonyl (C=O) groups excluding carboxylic acids is 3. The number of H-pyrrole nitrogens is 1. The largest absolute Gasteiger partial charge is 0.345 e. The van der Waals surface area contributed by atoms with Gasteiger partial charge in [0.2, 0.25) is 17.7 Å². The van der Waals surface area contributed by atoms with Crippen LogP contribution in [0.25, 0.3) is 11.3 Å². The van der Waals surface area contributed by atoms with Crippen molar-refractivity contribution in [3.05, 3.63) is 41.9 Å². The Balaban J connectivity index is 1.68.